The standard InChI is InChI=1S/C28H34N2O6S2/c1-21-9-11-22(12-10-21)38(32,33)29(15-6-17-34-2)19-28(31)30-16-13-27-23(14-18-37-27)24(30)20-36-26-8-5-4-7-25(26)35-3/h4-5,7-12,14,18,24H,6,13,15-17,19-20H2,1-3H3/t24-/m0/s1. The number of carbonyl (C=O) groups excluding carboxylic acids is 1. The fourth-order valence-electron chi connectivity index (χ4n) is 4.55. The Balaban J connectivity index is 1.57. The molecule has 0 radical (unpaired) electrons. The van der Waals surface area contributed by atoms with E-state index in [9.17, 15) is 13.2 Å². The third kappa shape index (κ3) is 6.37. The molecule has 2 aromatic carbocycles. The highest BCUT2D eigenvalue weighted by Crippen LogP contribution is 2.35. The SMILES string of the molecule is COCCCN(CC(=O)N1CCc2sccc2[C@@H]1COc1ccccc1OC)S(=O)(=O)c1ccc(C)cc1. The summed E-state index contributed by atoms with van der Waals surface area (Å²) in [6.07, 6.45) is 1.20. The highest BCUT2D eigenvalue weighted by molar-refractivity contribution is 7.89. The summed E-state index contributed by atoms with van der Waals surface area (Å²) in [6.45, 7) is 2.93. The quantitative estimate of drug-likeness (QED) is 0.308. The molecule has 1 amide bonds. The van der Waals surface area contributed by atoms with Gasteiger partial charge in [-0.1, -0.05) is 29.8 Å². The van der Waals surface area contributed by atoms with E-state index in [0.29, 0.717) is 31.1 Å². The lowest BCUT2D eigenvalue weighted by Gasteiger charge is -2.37. The molecule has 0 N–H and O–H groups in total. The van der Waals surface area contributed by atoms with Gasteiger partial charge in [-0.2, -0.15) is 4.31 Å². The van der Waals surface area contributed by atoms with Crippen LogP contribution in [-0.4, -0.2) is 70.6 Å². The minimum absolute atomic E-state index is 0.170. The Morgan fingerprint density at radius 1 is 1.08 bits per heavy atom. The molecule has 1 aromatic heterocycles. The second kappa shape index (κ2) is 12.8. The van der Waals surface area contributed by atoms with Gasteiger partial charge in [0.25, 0.3) is 0 Å². The molecule has 0 fully saturated rings. The fourth-order valence-corrected chi connectivity index (χ4v) is 6.91. The van der Waals surface area contributed by atoms with Crippen molar-refractivity contribution < 1.29 is 27.4 Å². The number of rotatable bonds is 12. The first kappa shape index (κ1) is 28.1. The summed E-state index contributed by atoms with van der Waals surface area (Å²) in [4.78, 5) is 16.9. The van der Waals surface area contributed by atoms with Crippen molar-refractivity contribution in [3.8, 4) is 11.5 Å². The topological polar surface area (TPSA) is 85.4 Å². The lowest BCUT2D eigenvalue weighted by Crippen LogP contribution is -2.48. The number of benzene rings is 2. The summed E-state index contributed by atoms with van der Waals surface area (Å²) < 4.78 is 45.1. The van der Waals surface area contributed by atoms with Crippen LogP contribution in [0.3, 0.4) is 0 Å². The minimum atomic E-state index is -3.88. The van der Waals surface area contributed by atoms with Gasteiger partial charge in [0.1, 0.15) is 6.61 Å². The summed E-state index contributed by atoms with van der Waals surface area (Å²) >= 11 is 1.66. The molecule has 1 aliphatic heterocycles. The van der Waals surface area contributed by atoms with E-state index in [2.05, 4.69) is 0 Å². The third-order valence-corrected chi connectivity index (χ3v) is 9.46. The normalized spacial score (nSPS) is 15.4. The maximum Gasteiger partial charge on any atom is 0.243 e. The first-order valence-corrected chi connectivity index (χ1v) is 14.8. The molecule has 38 heavy (non-hydrogen) atoms. The predicted molar refractivity (Wildman–Crippen MR) is 147 cm³/mol. The van der Waals surface area contributed by atoms with Crippen molar-refractivity contribution in [1.82, 2.24) is 9.21 Å². The Hall–Kier alpha value is -2.92. The molecule has 0 aliphatic carbocycles. The summed E-state index contributed by atoms with van der Waals surface area (Å²) in [6, 6.07) is 15.8. The minimum Gasteiger partial charge on any atom is -0.493 e. The summed E-state index contributed by atoms with van der Waals surface area (Å²) in [7, 11) is -0.721. The van der Waals surface area contributed by atoms with Crippen LogP contribution in [0.1, 0.15) is 28.5 Å². The van der Waals surface area contributed by atoms with Crippen molar-refractivity contribution >= 4 is 27.3 Å². The number of ether oxygens (including phenoxy) is 3. The lowest BCUT2D eigenvalue weighted by molar-refractivity contribution is -0.135. The summed E-state index contributed by atoms with van der Waals surface area (Å²) in [5, 5.41) is 2.02. The first-order valence-electron chi connectivity index (χ1n) is 12.5. The number of hydrogen-bond donors (Lipinski definition) is 0. The van der Waals surface area contributed by atoms with E-state index in [1.165, 1.54) is 9.18 Å². The molecule has 204 valence electrons. The van der Waals surface area contributed by atoms with Crippen molar-refractivity contribution in [3.05, 3.63) is 76.0 Å². The van der Waals surface area contributed by atoms with Crippen LogP contribution in [0.2, 0.25) is 0 Å². The molecular formula is C28H34N2O6S2. The van der Waals surface area contributed by atoms with Gasteiger partial charge in [-0.3, -0.25) is 4.79 Å². The monoisotopic (exact) mass is 558 g/mol. The fraction of sp³-hybridized carbons (Fsp3) is 0.393. The zero-order chi connectivity index (χ0) is 27.1. The maximum absolute atomic E-state index is 13.8. The molecule has 0 saturated heterocycles. The van der Waals surface area contributed by atoms with Crippen molar-refractivity contribution in [1.29, 1.82) is 0 Å². The maximum atomic E-state index is 13.8. The molecule has 1 aliphatic rings. The van der Waals surface area contributed by atoms with Gasteiger partial charge in [0.15, 0.2) is 11.5 Å². The molecule has 0 spiro atoms. The molecule has 3 aromatic rings. The van der Waals surface area contributed by atoms with E-state index in [-0.39, 0.29) is 36.5 Å². The Morgan fingerprint density at radius 2 is 1.82 bits per heavy atom. The highest BCUT2D eigenvalue weighted by Gasteiger charge is 2.35. The van der Waals surface area contributed by atoms with Crippen molar-refractivity contribution in [3.63, 3.8) is 0 Å². The van der Waals surface area contributed by atoms with Crippen LogP contribution in [0.4, 0.5) is 0 Å². The van der Waals surface area contributed by atoms with Crippen LogP contribution >= 0.6 is 11.3 Å². The smallest absolute Gasteiger partial charge is 0.243 e. The van der Waals surface area contributed by atoms with Crippen LogP contribution in [0.25, 0.3) is 0 Å². The number of nitrogens with zero attached hydrogens (tertiary/aromatic N) is 2. The Bertz CT molecular complexity index is 1320. The average molecular weight is 559 g/mol. The zero-order valence-electron chi connectivity index (χ0n) is 22.0. The number of para-hydroxylation sites is 2. The van der Waals surface area contributed by atoms with Gasteiger partial charge in [0, 0.05) is 31.7 Å². The number of carbonyl (C=O) groups is 1. The van der Waals surface area contributed by atoms with Gasteiger partial charge < -0.3 is 19.1 Å². The predicted octanol–water partition coefficient (Wildman–Crippen LogP) is 4.30. The van der Waals surface area contributed by atoms with E-state index >= 15 is 0 Å². The molecule has 4 rings (SSSR count). The van der Waals surface area contributed by atoms with Gasteiger partial charge in [0.05, 0.1) is 24.6 Å². The molecular weight excluding hydrogens is 524 g/mol. The average Bonchev–Trinajstić information content (AvgIpc) is 3.41. The van der Waals surface area contributed by atoms with Crippen molar-refractivity contribution in [2.24, 2.45) is 0 Å². The van der Waals surface area contributed by atoms with Gasteiger partial charge >= 0.3 is 0 Å². The number of sulfonamides is 1. The number of aryl methyl sites for hydroxylation is 1. The van der Waals surface area contributed by atoms with Crippen molar-refractivity contribution in [2.75, 3.05) is 47.1 Å². The van der Waals surface area contributed by atoms with Crippen LogP contribution in [0, 0.1) is 6.92 Å². The third-order valence-electron chi connectivity index (χ3n) is 6.61. The van der Waals surface area contributed by atoms with Crippen LogP contribution in [0.15, 0.2) is 64.9 Å². The van der Waals surface area contributed by atoms with Crippen LogP contribution < -0.4 is 9.47 Å². The second-order valence-corrected chi connectivity index (χ2v) is 12.1. The van der Waals surface area contributed by atoms with E-state index in [1.54, 1.807) is 54.7 Å². The molecule has 0 bridgehead atoms. The number of methoxy groups -OCH3 is 2. The van der Waals surface area contributed by atoms with Crippen molar-refractivity contribution in [2.45, 2.75) is 30.7 Å². The number of amides is 1. The Morgan fingerprint density at radius 3 is 2.53 bits per heavy atom. The number of hydrogen-bond acceptors (Lipinski definition) is 7. The number of fused-ring (bicyclic) bond motifs is 1. The molecule has 10 heteroatoms. The lowest BCUT2D eigenvalue weighted by atomic mass is 10.0. The molecule has 0 unspecified atom stereocenters. The number of thiophene rings is 1. The van der Waals surface area contributed by atoms with Gasteiger partial charge in [-0.15, -0.1) is 11.3 Å². The van der Waals surface area contributed by atoms with Gasteiger partial charge in [-0.05, 0) is 61.0 Å². The molecule has 8 nitrogen and oxygen atoms in total. The second-order valence-electron chi connectivity index (χ2n) is 9.11. The largest absolute Gasteiger partial charge is 0.493 e. The van der Waals surface area contributed by atoms with E-state index in [4.69, 9.17) is 14.2 Å². The van der Waals surface area contributed by atoms with Gasteiger partial charge in [-0.25, -0.2) is 8.42 Å². The van der Waals surface area contributed by atoms with Gasteiger partial charge in [0.2, 0.25) is 15.9 Å². The summed E-state index contributed by atoms with van der Waals surface area (Å²) in [5.41, 5.74) is 2.00. The molecule has 0 saturated carbocycles. The molecule has 2 heterocycles. The van der Waals surface area contributed by atoms with E-state index in [0.717, 1.165) is 17.5 Å². The summed E-state index contributed by atoms with van der Waals surface area (Å²) in [5.74, 6) is 0.941. The highest BCUT2D eigenvalue weighted by atomic mass is 32.2. The van der Waals surface area contributed by atoms with Crippen LogP contribution in [-0.2, 0) is 26.0 Å². The first-order chi connectivity index (χ1) is 18.3. The molecule has 1 atom stereocenters. The van der Waals surface area contributed by atoms with E-state index < -0.39 is 10.0 Å². The van der Waals surface area contributed by atoms with E-state index in [1.807, 2.05) is 42.6 Å². The zero-order valence-corrected chi connectivity index (χ0v) is 23.6. The van der Waals surface area contributed by atoms with Crippen LogP contribution in [0.5, 0.6) is 11.5 Å². The Kier molecular flexibility index (Phi) is 9.43. The Labute approximate surface area is 228 Å².